The van der Waals surface area contributed by atoms with Gasteiger partial charge in [0.1, 0.15) is 11.6 Å². The molecule has 0 bridgehead atoms. The SMILES string of the molecule is Fc1ccc(-c2csc(-c3ccc(F)cc3)c2)cc1. The summed E-state index contributed by atoms with van der Waals surface area (Å²) in [7, 11) is 0. The third-order valence-electron chi connectivity index (χ3n) is 2.91. The van der Waals surface area contributed by atoms with Gasteiger partial charge in [-0.05, 0) is 52.4 Å². The number of hydrogen-bond acceptors (Lipinski definition) is 1. The van der Waals surface area contributed by atoms with Gasteiger partial charge in [0.25, 0.3) is 0 Å². The highest BCUT2D eigenvalue weighted by molar-refractivity contribution is 7.14. The zero-order valence-corrected chi connectivity index (χ0v) is 10.8. The number of halogens is 2. The topological polar surface area (TPSA) is 0 Å². The Morgan fingerprint density at radius 1 is 0.632 bits per heavy atom. The Morgan fingerprint density at radius 2 is 1.16 bits per heavy atom. The normalized spacial score (nSPS) is 10.6. The van der Waals surface area contributed by atoms with E-state index in [-0.39, 0.29) is 11.6 Å². The first kappa shape index (κ1) is 12.1. The van der Waals surface area contributed by atoms with E-state index in [9.17, 15) is 8.78 Å². The second-order valence-corrected chi connectivity index (χ2v) is 5.12. The van der Waals surface area contributed by atoms with Crippen molar-refractivity contribution in [3.05, 3.63) is 71.6 Å². The van der Waals surface area contributed by atoms with Crippen molar-refractivity contribution >= 4 is 11.3 Å². The molecular formula is C16H10F2S. The van der Waals surface area contributed by atoms with Gasteiger partial charge in [0.2, 0.25) is 0 Å². The van der Waals surface area contributed by atoms with E-state index in [1.54, 1.807) is 35.6 Å². The molecule has 0 aliphatic carbocycles. The van der Waals surface area contributed by atoms with Crippen molar-refractivity contribution in [3.63, 3.8) is 0 Å². The molecule has 0 unspecified atom stereocenters. The lowest BCUT2D eigenvalue weighted by molar-refractivity contribution is 0.627. The molecule has 0 amide bonds. The van der Waals surface area contributed by atoms with Crippen molar-refractivity contribution in [1.29, 1.82) is 0 Å². The summed E-state index contributed by atoms with van der Waals surface area (Å²) in [4.78, 5) is 1.07. The summed E-state index contributed by atoms with van der Waals surface area (Å²) in [6, 6.07) is 14.9. The van der Waals surface area contributed by atoms with Crippen LogP contribution in [0.1, 0.15) is 0 Å². The third kappa shape index (κ3) is 2.56. The standard InChI is InChI=1S/C16H10F2S/c17-14-5-1-11(2-6-14)13-9-16(19-10-13)12-3-7-15(18)8-4-12/h1-10H. The zero-order valence-electron chi connectivity index (χ0n) is 9.94. The summed E-state index contributed by atoms with van der Waals surface area (Å²) < 4.78 is 25.8. The number of benzene rings is 2. The Balaban J connectivity index is 1.95. The highest BCUT2D eigenvalue weighted by atomic mass is 32.1. The van der Waals surface area contributed by atoms with Crippen LogP contribution in [0.15, 0.2) is 60.0 Å². The Bertz CT molecular complexity index is 622. The Morgan fingerprint density at radius 3 is 1.74 bits per heavy atom. The first-order valence-electron chi connectivity index (χ1n) is 5.83. The Hall–Kier alpha value is -2.00. The average Bonchev–Trinajstić information content (AvgIpc) is 2.90. The lowest BCUT2D eigenvalue weighted by Gasteiger charge is -1.98. The molecule has 0 aliphatic heterocycles. The Labute approximate surface area is 114 Å². The van der Waals surface area contributed by atoms with E-state index in [0.717, 1.165) is 21.6 Å². The molecule has 0 fully saturated rings. The van der Waals surface area contributed by atoms with Gasteiger partial charge < -0.3 is 0 Å². The molecule has 0 atom stereocenters. The second kappa shape index (κ2) is 4.94. The van der Waals surface area contributed by atoms with Crippen LogP contribution < -0.4 is 0 Å². The molecule has 0 aliphatic rings. The van der Waals surface area contributed by atoms with Crippen LogP contribution in [0.3, 0.4) is 0 Å². The van der Waals surface area contributed by atoms with Gasteiger partial charge in [-0.25, -0.2) is 8.78 Å². The van der Waals surface area contributed by atoms with E-state index in [1.807, 2.05) is 11.4 Å². The fraction of sp³-hybridized carbons (Fsp3) is 0. The highest BCUT2D eigenvalue weighted by Crippen LogP contribution is 2.32. The predicted octanol–water partition coefficient (Wildman–Crippen LogP) is 5.36. The van der Waals surface area contributed by atoms with Gasteiger partial charge in [-0.1, -0.05) is 24.3 Å². The smallest absolute Gasteiger partial charge is 0.123 e. The number of thiophene rings is 1. The van der Waals surface area contributed by atoms with E-state index in [0.29, 0.717) is 0 Å². The second-order valence-electron chi connectivity index (χ2n) is 4.21. The first-order chi connectivity index (χ1) is 9.22. The molecule has 1 heterocycles. The quantitative estimate of drug-likeness (QED) is 0.589. The van der Waals surface area contributed by atoms with Crippen molar-refractivity contribution in [2.45, 2.75) is 0 Å². The van der Waals surface area contributed by atoms with Gasteiger partial charge in [-0.15, -0.1) is 11.3 Å². The molecule has 0 radical (unpaired) electrons. The largest absolute Gasteiger partial charge is 0.207 e. The molecule has 94 valence electrons. The van der Waals surface area contributed by atoms with Gasteiger partial charge in [-0.3, -0.25) is 0 Å². The fourth-order valence-corrected chi connectivity index (χ4v) is 2.82. The van der Waals surface area contributed by atoms with Crippen LogP contribution in [-0.2, 0) is 0 Å². The molecule has 0 spiro atoms. The van der Waals surface area contributed by atoms with Crippen LogP contribution in [0.4, 0.5) is 8.78 Å². The van der Waals surface area contributed by atoms with E-state index in [1.165, 1.54) is 24.3 Å². The summed E-state index contributed by atoms with van der Waals surface area (Å²) in [6.45, 7) is 0. The lowest BCUT2D eigenvalue weighted by atomic mass is 10.1. The van der Waals surface area contributed by atoms with Crippen molar-refractivity contribution in [3.8, 4) is 21.6 Å². The maximum absolute atomic E-state index is 12.9. The van der Waals surface area contributed by atoms with Gasteiger partial charge in [-0.2, -0.15) is 0 Å². The zero-order chi connectivity index (χ0) is 13.2. The molecule has 19 heavy (non-hydrogen) atoms. The van der Waals surface area contributed by atoms with Gasteiger partial charge in [0, 0.05) is 4.88 Å². The maximum atomic E-state index is 12.9. The first-order valence-corrected chi connectivity index (χ1v) is 6.71. The van der Waals surface area contributed by atoms with Crippen molar-refractivity contribution in [2.24, 2.45) is 0 Å². The summed E-state index contributed by atoms with van der Waals surface area (Å²) in [5, 5.41) is 2.02. The Kier molecular flexibility index (Phi) is 3.13. The molecule has 2 aromatic carbocycles. The number of rotatable bonds is 2. The minimum absolute atomic E-state index is 0.237. The van der Waals surface area contributed by atoms with Gasteiger partial charge in [0.05, 0.1) is 0 Å². The molecule has 3 rings (SSSR count). The van der Waals surface area contributed by atoms with Gasteiger partial charge >= 0.3 is 0 Å². The van der Waals surface area contributed by atoms with Crippen LogP contribution in [0, 0.1) is 11.6 Å². The molecule has 1 aromatic heterocycles. The van der Waals surface area contributed by atoms with E-state index >= 15 is 0 Å². The van der Waals surface area contributed by atoms with Crippen molar-refractivity contribution in [2.75, 3.05) is 0 Å². The van der Waals surface area contributed by atoms with Gasteiger partial charge in [0.15, 0.2) is 0 Å². The molecule has 0 N–H and O–H groups in total. The van der Waals surface area contributed by atoms with Crippen LogP contribution >= 0.6 is 11.3 Å². The predicted molar refractivity (Wildman–Crippen MR) is 75.1 cm³/mol. The molecule has 3 heteroatoms. The fourth-order valence-electron chi connectivity index (χ4n) is 1.90. The highest BCUT2D eigenvalue weighted by Gasteiger charge is 2.05. The monoisotopic (exact) mass is 272 g/mol. The van der Waals surface area contributed by atoms with Crippen LogP contribution in [0.2, 0.25) is 0 Å². The van der Waals surface area contributed by atoms with E-state index in [2.05, 4.69) is 0 Å². The maximum Gasteiger partial charge on any atom is 0.123 e. The minimum Gasteiger partial charge on any atom is -0.207 e. The molecule has 3 aromatic rings. The summed E-state index contributed by atoms with van der Waals surface area (Å²) in [6.07, 6.45) is 0. The van der Waals surface area contributed by atoms with E-state index < -0.39 is 0 Å². The van der Waals surface area contributed by atoms with E-state index in [4.69, 9.17) is 0 Å². The molecule has 0 nitrogen and oxygen atoms in total. The van der Waals surface area contributed by atoms with Crippen LogP contribution in [0.5, 0.6) is 0 Å². The molecular weight excluding hydrogens is 262 g/mol. The summed E-state index contributed by atoms with van der Waals surface area (Å²) in [5.74, 6) is -0.475. The minimum atomic E-state index is -0.238. The summed E-state index contributed by atoms with van der Waals surface area (Å²) in [5.41, 5.74) is 3.01. The average molecular weight is 272 g/mol. The van der Waals surface area contributed by atoms with Crippen molar-refractivity contribution in [1.82, 2.24) is 0 Å². The molecule has 0 saturated heterocycles. The third-order valence-corrected chi connectivity index (χ3v) is 3.89. The van der Waals surface area contributed by atoms with Crippen LogP contribution in [-0.4, -0.2) is 0 Å². The molecule has 0 saturated carbocycles. The van der Waals surface area contributed by atoms with Crippen LogP contribution in [0.25, 0.3) is 21.6 Å². The lowest BCUT2D eigenvalue weighted by Crippen LogP contribution is -1.76. The summed E-state index contributed by atoms with van der Waals surface area (Å²) >= 11 is 1.59. The number of hydrogen-bond donors (Lipinski definition) is 0. The van der Waals surface area contributed by atoms with Crippen molar-refractivity contribution < 1.29 is 8.78 Å².